The zero-order valence-corrected chi connectivity index (χ0v) is 14.0. The molecule has 1 heterocycles. The van der Waals surface area contributed by atoms with Gasteiger partial charge in [0.25, 0.3) is 0 Å². The second-order valence-electron chi connectivity index (χ2n) is 6.22. The lowest BCUT2D eigenvalue weighted by Gasteiger charge is -2.38. The van der Waals surface area contributed by atoms with Crippen LogP contribution in [0.1, 0.15) is 31.0 Å². The van der Waals surface area contributed by atoms with Crippen LogP contribution in [0.3, 0.4) is 0 Å². The number of benzene rings is 1. The number of aliphatic imine (C=N–C) groups is 1. The minimum Gasteiger partial charge on any atom is -0.396 e. The fraction of sp³-hybridized carbons (Fsp3) is 0.588. The van der Waals surface area contributed by atoms with Crippen LogP contribution in [-0.2, 0) is 4.74 Å². The highest BCUT2D eigenvalue weighted by Crippen LogP contribution is 2.27. The molecule has 1 aliphatic rings. The molecule has 1 unspecified atom stereocenters. The molecule has 0 aromatic heterocycles. The number of aryl methyl sites for hydroxylation is 1. The van der Waals surface area contributed by atoms with E-state index in [4.69, 9.17) is 4.74 Å². The van der Waals surface area contributed by atoms with E-state index in [9.17, 15) is 9.50 Å². The first-order valence-corrected chi connectivity index (χ1v) is 7.99. The van der Waals surface area contributed by atoms with Gasteiger partial charge >= 0.3 is 0 Å². The van der Waals surface area contributed by atoms with E-state index in [0.29, 0.717) is 31.3 Å². The maximum Gasteiger partial charge on any atom is 0.191 e. The first-order valence-electron chi connectivity index (χ1n) is 7.99. The summed E-state index contributed by atoms with van der Waals surface area (Å²) < 4.78 is 18.9. The first-order chi connectivity index (χ1) is 11.0. The van der Waals surface area contributed by atoms with Gasteiger partial charge in [-0.25, -0.2) is 4.39 Å². The maximum absolute atomic E-state index is 13.7. The molecule has 0 saturated carbocycles. The highest BCUT2D eigenvalue weighted by Gasteiger charge is 2.38. The SMILES string of the molecule is CCNC(=NCC1(CO)COC1)NC(C)c1ccc(C)c(F)c1. The molecule has 1 fully saturated rings. The van der Waals surface area contributed by atoms with Crippen LogP contribution in [0.25, 0.3) is 0 Å². The van der Waals surface area contributed by atoms with Crippen molar-refractivity contribution < 1.29 is 14.2 Å². The summed E-state index contributed by atoms with van der Waals surface area (Å²) in [5, 5.41) is 15.9. The van der Waals surface area contributed by atoms with Gasteiger partial charge in [-0.1, -0.05) is 12.1 Å². The molecule has 0 aliphatic carbocycles. The minimum atomic E-state index is -0.262. The topological polar surface area (TPSA) is 65.9 Å². The van der Waals surface area contributed by atoms with E-state index in [1.807, 2.05) is 19.9 Å². The lowest BCUT2D eigenvalue weighted by Crippen LogP contribution is -2.49. The molecule has 3 N–H and O–H groups in total. The van der Waals surface area contributed by atoms with Crippen molar-refractivity contribution in [1.82, 2.24) is 10.6 Å². The largest absolute Gasteiger partial charge is 0.396 e. The molecule has 1 saturated heterocycles. The van der Waals surface area contributed by atoms with E-state index in [-0.39, 0.29) is 23.9 Å². The Morgan fingerprint density at radius 1 is 1.48 bits per heavy atom. The molecule has 0 radical (unpaired) electrons. The van der Waals surface area contributed by atoms with E-state index < -0.39 is 0 Å². The highest BCUT2D eigenvalue weighted by molar-refractivity contribution is 5.80. The monoisotopic (exact) mass is 323 g/mol. The molecule has 1 aromatic rings. The Labute approximate surface area is 137 Å². The van der Waals surface area contributed by atoms with Gasteiger partial charge in [0, 0.05) is 6.54 Å². The van der Waals surface area contributed by atoms with Crippen LogP contribution in [0.5, 0.6) is 0 Å². The number of aliphatic hydroxyl groups is 1. The first kappa shape index (κ1) is 17.7. The smallest absolute Gasteiger partial charge is 0.191 e. The molecule has 0 bridgehead atoms. The van der Waals surface area contributed by atoms with Crippen LogP contribution >= 0.6 is 0 Å². The Morgan fingerprint density at radius 3 is 2.74 bits per heavy atom. The number of guanidine groups is 1. The molecule has 23 heavy (non-hydrogen) atoms. The summed E-state index contributed by atoms with van der Waals surface area (Å²) in [5.41, 5.74) is 1.24. The normalized spacial score (nSPS) is 18.2. The summed E-state index contributed by atoms with van der Waals surface area (Å²) in [6.07, 6.45) is 0. The molecule has 0 amide bonds. The van der Waals surface area contributed by atoms with Crippen molar-refractivity contribution in [2.75, 3.05) is 32.9 Å². The third-order valence-electron chi connectivity index (χ3n) is 4.12. The second kappa shape index (κ2) is 7.75. The Kier molecular flexibility index (Phi) is 5.96. The number of nitrogens with one attached hydrogen (secondary N) is 2. The zero-order chi connectivity index (χ0) is 16.9. The van der Waals surface area contributed by atoms with Gasteiger partial charge in [0.1, 0.15) is 5.82 Å². The van der Waals surface area contributed by atoms with E-state index in [0.717, 1.165) is 12.1 Å². The Morgan fingerprint density at radius 2 is 2.22 bits per heavy atom. The number of hydrogen-bond acceptors (Lipinski definition) is 3. The van der Waals surface area contributed by atoms with Gasteiger partial charge in [0.15, 0.2) is 5.96 Å². The lowest BCUT2D eigenvalue weighted by atomic mass is 9.87. The third kappa shape index (κ3) is 4.42. The van der Waals surface area contributed by atoms with Gasteiger partial charge in [0.05, 0.1) is 37.8 Å². The lowest BCUT2D eigenvalue weighted by molar-refractivity contribution is -0.130. The Balaban J connectivity index is 2.04. The van der Waals surface area contributed by atoms with Crippen LogP contribution in [0, 0.1) is 18.2 Å². The van der Waals surface area contributed by atoms with Crippen molar-refractivity contribution in [3.05, 3.63) is 35.1 Å². The van der Waals surface area contributed by atoms with Crippen LogP contribution in [0.15, 0.2) is 23.2 Å². The van der Waals surface area contributed by atoms with Crippen molar-refractivity contribution in [3.8, 4) is 0 Å². The number of halogens is 1. The number of rotatable bonds is 6. The van der Waals surface area contributed by atoms with Gasteiger partial charge in [-0.3, -0.25) is 4.99 Å². The second-order valence-corrected chi connectivity index (χ2v) is 6.22. The average molecular weight is 323 g/mol. The molecule has 5 nitrogen and oxygen atoms in total. The van der Waals surface area contributed by atoms with Gasteiger partial charge in [-0.15, -0.1) is 0 Å². The van der Waals surface area contributed by atoms with Crippen LogP contribution in [0.4, 0.5) is 4.39 Å². The van der Waals surface area contributed by atoms with Gasteiger partial charge in [0.2, 0.25) is 0 Å². The van der Waals surface area contributed by atoms with Crippen molar-refractivity contribution in [3.63, 3.8) is 0 Å². The number of aliphatic hydroxyl groups excluding tert-OH is 1. The summed E-state index contributed by atoms with van der Waals surface area (Å²) in [4.78, 5) is 4.54. The zero-order valence-electron chi connectivity index (χ0n) is 14.0. The standard InChI is InChI=1S/C17H26FN3O2/c1-4-19-16(20-8-17(9-22)10-23-11-17)21-13(3)14-6-5-12(2)15(18)7-14/h5-7,13,22H,4,8-11H2,1-3H3,(H2,19,20,21). The molecule has 1 aliphatic heterocycles. The molecular weight excluding hydrogens is 297 g/mol. The molecule has 1 atom stereocenters. The van der Waals surface area contributed by atoms with Crippen LogP contribution in [0.2, 0.25) is 0 Å². The van der Waals surface area contributed by atoms with Gasteiger partial charge < -0.3 is 20.5 Å². The highest BCUT2D eigenvalue weighted by atomic mass is 19.1. The number of hydrogen-bond donors (Lipinski definition) is 3. The maximum atomic E-state index is 13.7. The van der Waals surface area contributed by atoms with Crippen LogP contribution < -0.4 is 10.6 Å². The Bertz CT molecular complexity index is 553. The van der Waals surface area contributed by atoms with Crippen molar-refractivity contribution >= 4 is 5.96 Å². The summed E-state index contributed by atoms with van der Waals surface area (Å²) in [7, 11) is 0. The summed E-state index contributed by atoms with van der Waals surface area (Å²) >= 11 is 0. The van der Waals surface area contributed by atoms with Crippen LogP contribution in [-0.4, -0.2) is 44.0 Å². The number of nitrogens with zero attached hydrogens (tertiary/aromatic N) is 1. The molecule has 1 aromatic carbocycles. The summed E-state index contributed by atoms with van der Waals surface area (Å²) in [5.74, 6) is 0.449. The average Bonchev–Trinajstić information content (AvgIpc) is 2.49. The number of ether oxygens (including phenoxy) is 1. The fourth-order valence-electron chi connectivity index (χ4n) is 2.36. The fourth-order valence-corrected chi connectivity index (χ4v) is 2.36. The Hall–Kier alpha value is -1.66. The van der Waals surface area contributed by atoms with Crippen molar-refractivity contribution in [2.24, 2.45) is 10.4 Å². The summed E-state index contributed by atoms with van der Waals surface area (Å²) in [6.45, 7) is 8.05. The van der Waals surface area contributed by atoms with Crippen molar-refractivity contribution in [2.45, 2.75) is 26.8 Å². The van der Waals surface area contributed by atoms with E-state index in [1.165, 1.54) is 0 Å². The molecule has 128 valence electrons. The summed E-state index contributed by atoms with van der Waals surface area (Å²) in [6, 6.07) is 5.16. The van der Waals surface area contributed by atoms with Gasteiger partial charge in [-0.05, 0) is 38.0 Å². The third-order valence-corrected chi connectivity index (χ3v) is 4.12. The minimum absolute atomic E-state index is 0.0641. The van der Waals surface area contributed by atoms with E-state index in [2.05, 4.69) is 15.6 Å². The molecular formula is C17H26FN3O2. The molecule has 0 spiro atoms. The quantitative estimate of drug-likeness (QED) is 0.551. The predicted molar refractivity (Wildman–Crippen MR) is 89.0 cm³/mol. The van der Waals surface area contributed by atoms with E-state index >= 15 is 0 Å². The van der Waals surface area contributed by atoms with Gasteiger partial charge in [-0.2, -0.15) is 0 Å². The predicted octanol–water partition coefficient (Wildman–Crippen LogP) is 1.76. The molecule has 6 heteroatoms. The van der Waals surface area contributed by atoms with Crippen molar-refractivity contribution in [1.29, 1.82) is 0 Å². The molecule has 2 rings (SSSR count). The van der Waals surface area contributed by atoms with E-state index in [1.54, 1.807) is 19.1 Å².